The third kappa shape index (κ3) is 4.80. The van der Waals surface area contributed by atoms with E-state index < -0.39 is 0 Å². The highest BCUT2D eigenvalue weighted by Crippen LogP contribution is 2.22. The summed E-state index contributed by atoms with van der Waals surface area (Å²) in [6.45, 7) is 2.93. The third-order valence-corrected chi connectivity index (χ3v) is 4.19. The van der Waals surface area contributed by atoms with E-state index in [2.05, 4.69) is 20.5 Å². The highest BCUT2D eigenvalue weighted by atomic mass is 35.5. The number of amides is 1. The van der Waals surface area contributed by atoms with Gasteiger partial charge in [0.1, 0.15) is 6.33 Å². The second-order valence-electron chi connectivity index (χ2n) is 5.59. The van der Waals surface area contributed by atoms with E-state index in [1.807, 2.05) is 19.2 Å². The minimum atomic E-state index is -0.166. The first-order valence-corrected chi connectivity index (χ1v) is 8.37. The average molecular weight is 379 g/mol. The Balaban J connectivity index is 1.53. The Hall–Kier alpha value is -2.38. The fourth-order valence-corrected chi connectivity index (χ4v) is 2.57. The molecule has 0 bridgehead atoms. The van der Waals surface area contributed by atoms with Crippen molar-refractivity contribution in [2.45, 2.75) is 26.4 Å². The van der Waals surface area contributed by atoms with Crippen LogP contribution in [0.1, 0.15) is 17.5 Å². The van der Waals surface area contributed by atoms with Gasteiger partial charge in [0.15, 0.2) is 0 Å². The van der Waals surface area contributed by atoms with Crippen LogP contribution in [0.25, 0.3) is 0 Å². The van der Waals surface area contributed by atoms with Gasteiger partial charge in [-0.25, -0.2) is 9.67 Å². The monoisotopic (exact) mass is 378 g/mol. The molecule has 0 spiro atoms. The molecule has 7 nitrogen and oxygen atoms in total. The lowest BCUT2D eigenvalue weighted by Crippen LogP contribution is -2.16. The average Bonchev–Trinajstić information content (AvgIpc) is 3.18. The number of nitrogens with zero attached hydrogens (tertiary/aromatic N) is 5. The van der Waals surface area contributed by atoms with Crippen molar-refractivity contribution < 1.29 is 4.79 Å². The van der Waals surface area contributed by atoms with E-state index in [-0.39, 0.29) is 11.9 Å². The van der Waals surface area contributed by atoms with Crippen molar-refractivity contribution >= 4 is 35.1 Å². The van der Waals surface area contributed by atoms with Gasteiger partial charge in [-0.1, -0.05) is 29.3 Å². The van der Waals surface area contributed by atoms with Crippen molar-refractivity contribution in [2.75, 3.05) is 5.32 Å². The van der Waals surface area contributed by atoms with E-state index in [1.165, 1.54) is 0 Å². The van der Waals surface area contributed by atoms with Gasteiger partial charge in [0.25, 0.3) is 0 Å². The van der Waals surface area contributed by atoms with Crippen molar-refractivity contribution in [1.82, 2.24) is 24.5 Å². The van der Waals surface area contributed by atoms with Gasteiger partial charge in [-0.05, 0) is 30.2 Å². The van der Waals surface area contributed by atoms with Crippen LogP contribution in [0, 0.1) is 6.92 Å². The lowest BCUT2D eigenvalue weighted by molar-refractivity contribution is -0.116. The number of hydrogen-bond donors (Lipinski definition) is 1. The molecule has 0 radical (unpaired) electrons. The minimum Gasteiger partial charge on any atom is -0.293 e. The van der Waals surface area contributed by atoms with Crippen molar-refractivity contribution in [2.24, 2.45) is 0 Å². The fraction of sp³-hybridized carbons (Fsp3) is 0.250. The van der Waals surface area contributed by atoms with E-state index in [0.29, 0.717) is 29.6 Å². The molecule has 9 heteroatoms. The number of aryl methyl sites for hydroxylation is 2. The number of anilines is 1. The molecule has 0 fully saturated rings. The molecule has 25 heavy (non-hydrogen) atoms. The molecule has 0 saturated carbocycles. The maximum Gasteiger partial charge on any atom is 0.248 e. The number of nitrogens with one attached hydrogen (secondary N) is 1. The number of aromatic nitrogens is 5. The molecule has 1 aromatic carbocycles. The Morgan fingerprint density at radius 2 is 2.08 bits per heavy atom. The topological polar surface area (TPSA) is 77.6 Å². The maximum atomic E-state index is 12.0. The Labute approximate surface area is 154 Å². The number of rotatable bonds is 6. The van der Waals surface area contributed by atoms with Gasteiger partial charge < -0.3 is 0 Å². The molecular weight excluding hydrogens is 363 g/mol. The molecule has 2 heterocycles. The summed E-state index contributed by atoms with van der Waals surface area (Å²) in [6.07, 6.45) is 5.49. The van der Waals surface area contributed by atoms with Gasteiger partial charge in [0.2, 0.25) is 11.9 Å². The van der Waals surface area contributed by atoms with Gasteiger partial charge in [-0.2, -0.15) is 5.10 Å². The Morgan fingerprint density at radius 3 is 2.80 bits per heavy atom. The van der Waals surface area contributed by atoms with Crippen LogP contribution < -0.4 is 5.32 Å². The van der Waals surface area contributed by atoms with Crippen molar-refractivity contribution in [3.05, 3.63) is 58.1 Å². The van der Waals surface area contributed by atoms with Crippen molar-refractivity contribution in [1.29, 1.82) is 0 Å². The molecule has 1 amide bonds. The molecule has 0 atom stereocenters. The first-order chi connectivity index (χ1) is 12.0. The van der Waals surface area contributed by atoms with Crippen LogP contribution in [0.2, 0.25) is 10.0 Å². The third-order valence-electron chi connectivity index (χ3n) is 3.45. The van der Waals surface area contributed by atoms with Crippen LogP contribution in [-0.2, 0) is 17.9 Å². The smallest absolute Gasteiger partial charge is 0.248 e. The van der Waals surface area contributed by atoms with E-state index in [9.17, 15) is 4.79 Å². The number of hydrogen-bond acceptors (Lipinski definition) is 4. The van der Waals surface area contributed by atoms with Crippen LogP contribution in [0.15, 0.2) is 36.9 Å². The lowest BCUT2D eigenvalue weighted by Gasteiger charge is -2.03. The summed E-state index contributed by atoms with van der Waals surface area (Å²) in [6, 6.07) is 5.37. The fourth-order valence-electron chi connectivity index (χ4n) is 2.25. The van der Waals surface area contributed by atoms with Crippen LogP contribution in [-0.4, -0.2) is 30.5 Å². The molecular formula is C16H16Cl2N6O. The van der Waals surface area contributed by atoms with Crippen LogP contribution in [0.3, 0.4) is 0 Å². The van der Waals surface area contributed by atoms with Gasteiger partial charge >= 0.3 is 0 Å². The lowest BCUT2D eigenvalue weighted by atomic mass is 10.2. The summed E-state index contributed by atoms with van der Waals surface area (Å²) < 4.78 is 3.34. The predicted molar refractivity (Wildman–Crippen MR) is 95.8 cm³/mol. The zero-order valence-electron chi connectivity index (χ0n) is 13.5. The van der Waals surface area contributed by atoms with E-state index in [0.717, 1.165) is 11.1 Å². The molecule has 0 aliphatic carbocycles. The predicted octanol–water partition coefficient (Wildman–Crippen LogP) is 3.17. The minimum absolute atomic E-state index is 0.166. The molecule has 0 saturated heterocycles. The number of carbonyl (C=O) groups excluding carboxylic acids is 1. The molecule has 0 unspecified atom stereocenters. The zero-order valence-corrected chi connectivity index (χ0v) is 15.0. The van der Waals surface area contributed by atoms with Crippen LogP contribution in [0.5, 0.6) is 0 Å². The zero-order chi connectivity index (χ0) is 17.8. The van der Waals surface area contributed by atoms with Gasteiger partial charge in [0, 0.05) is 19.2 Å². The SMILES string of the molecule is Cc1cnn(CCC(=O)Nc2ncn(Cc3ccc(Cl)c(Cl)c3)n2)c1. The maximum absolute atomic E-state index is 12.0. The summed E-state index contributed by atoms with van der Waals surface area (Å²) in [5, 5.41) is 12.0. The number of carbonyl (C=O) groups is 1. The van der Waals surface area contributed by atoms with Crippen LogP contribution in [0.4, 0.5) is 5.95 Å². The van der Waals surface area contributed by atoms with Crippen molar-refractivity contribution in [3.8, 4) is 0 Å². The summed E-state index contributed by atoms with van der Waals surface area (Å²) in [4.78, 5) is 16.1. The van der Waals surface area contributed by atoms with Gasteiger partial charge in [-0.3, -0.25) is 14.8 Å². The molecule has 0 aliphatic heterocycles. The molecule has 130 valence electrons. The number of benzene rings is 1. The molecule has 2 aromatic heterocycles. The van der Waals surface area contributed by atoms with Gasteiger partial charge in [-0.15, -0.1) is 5.10 Å². The first-order valence-electron chi connectivity index (χ1n) is 7.62. The molecule has 3 rings (SSSR count). The summed E-state index contributed by atoms with van der Waals surface area (Å²) in [7, 11) is 0. The van der Waals surface area contributed by atoms with Gasteiger partial charge in [0.05, 0.1) is 22.8 Å². The van der Waals surface area contributed by atoms with Crippen molar-refractivity contribution in [3.63, 3.8) is 0 Å². The highest BCUT2D eigenvalue weighted by Gasteiger charge is 2.08. The Bertz CT molecular complexity index is 888. The Morgan fingerprint density at radius 1 is 1.24 bits per heavy atom. The summed E-state index contributed by atoms with van der Waals surface area (Å²) >= 11 is 11.9. The molecule has 3 aromatic rings. The Kier molecular flexibility index (Phi) is 5.35. The molecule has 1 N–H and O–H groups in total. The summed E-state index contributed by atoms with van der Waals surface area (Å²) in [5.41, 5.74) is 1.99. The highest BCUT2D eigenvalue weighted by molar-refractivity contribution is 6.42. The number of halogens is 2. The molecule has 0 aliphatic rings. The quantitative estimate of drug-likeness (QED) is 0.714. The largest absolute Gasteiger partial charge is 0.293 e. The normalized spacial score (nSPS) is 10.8. The summed E-state index contributed by atoms with van der Waals surface area (Å²) in [5.74, 6) is 0.0992. The standard InChI is InChI=1S/C16H16Cl2N6O/c1-11-7-20-23(8-11)5-4-15(25)21-16-19-10-24(22-16)9-12-2-3-13(17)14(18)6-12/h2-3,6-8,10H,4-5,9H2,1H3,(H,21,22,25). The first kappa shape index (κ1) is 17.4. The van der Waals surface area contributed by atoms with E-state index in [4.69, 9.17) is 23.2 Å². The van der Waals surface area contributed by atoms with E-state index in [1.54, 1.807) is 34.0 Å². The second kappa shape index (κ2) is 7.67. The van der Waals surface area contributed by atoms with Crippen LogP contribution >= 0.6 is 23.2 Å². The van der Waals surface area contributed by atoms with E-state index >= 15 is 0 Å². The second-order valence-corrected chi connectivity index (χ2v) is 6.41.